The Bertz CT molecular complexity index is 3230. The van der Waals surface area contributed by atoms with E-state index in [4.69, 9.17) is 9.97 Å². The van der Waals surface area contributed by atoms with Gasteiger partial charge in [0.2, 0.25) is 0 Å². The summed E-state index contributed by atoms with van der Waals surface area (Å²) >= 11 is 0. The molecule has 9 aromatic carbocycles. The van der Waals surface area contributed by atoms with Crippen molar-refractivity contribution >= 4 is 21.5 Å². The normalized spacial score (nSPS) is 12.7. The highest BCUT2D eigenvalue weighted by molar-refractivity contribution is 6.13. The lowest BCUT2D eigenvalue weighted by molar-refractivity contribution is 0.660. The highest BCUT2D eigenvalue weighted by atomic mass is 14.9. The molecule has 278 valence electrons. The number of rotatable bonds is 6. The number of benzene rings is 9. The minimum Gasteiger partial charge on any atom is -0.228 e. The molecule has 10 aromatic rings. The molecule has 0 fully saturated rings. The first kappa shape index (κ1) is 34.8. The first-order valence-corrected chi connectivity index (χ1v) is 20.4. The zero-order chi connectivity index (χ0) is 39.5. The van der Waals surface area contributed by atoms with Crippen LogP contribution in [0.15, 0.2) is 206 Å². The zero-order valence-corrected chi connectivity index (χ0v) is 33.0. The highest BCUT2D eigenvalue weighted by Gasteiger charge is 2.36. The second-order valence-electron chi connectivity index (χ2n) is 16.1. The Kier molecular flexibility index (Phi) is 8.20. The van der Waals surface area contributed by atoms with Gasteiger partial charge in [-0.1, -0.05) is 208 Å². The van der Waals surface area contributed by atoms with Gasteiger partial charge < -0.3 is 0 Å². The lowest BCUT2D eigenvalue weighted by atomic mass is 9.81. The maximum absolute atomic E-state index is 5.27. The summed E-state index contributed by atoms with van der Waals surface area (Å²) in [6.45, 7) is 4.71. The summed E-state index contributed by atoms with van der Waals surface area (Å²) in [5, 5.41) is 4.82. The van der Waals surface area contributed by atoms with Crippen molar-refractivity contribution in [3.05, 3.63) is 217 Å². The van der Waals surface area contributed by atoms with E-state index in [2.05, 4.69) is 202 Å². The molecule has 1 aromatic heterocycles. The summed E-state index contributed by atoms with van der Waals surface area (Å²) in [7, 11) is 0. The van der Waals surface area contributed by atoms with Crippen molar-refractivity contribution in [1.29, 1.82) is 0 Å². The van der Waals surface area contributed by atoms with Crippen molar-refractivity contribution in [2.45, 2.75) is 19.3 Å². The van der Waals surface area contributed by atoms with Crippen LogP contribution in [0, 0.1) is 0 Å². The standard InChI is InChI=1S/C57H40N2/c1-57(2)51-29-14-13-27-50(51)55-49(28-16-30-52(55)57)47-32-31-45(41-23-9-10-24-42(41)47)46-33-34-48(44-26-12-11-25-43(44)46)54-36-53(58-56(59-54)38-19-7-4-8-20-38)40-22-15-21-39(35-40)37-17-5-3-6-18-37/h3-36H,1-2H3. The van der Waals surface area contributed by atoms with Crippen LogP contribution in [-0.2, 0) is 5.41 Å². The Morgan fingerprint density at radius 2 is 0.763 bits per heavy atom. The summed E-state index contributed by atoms with van der Waals surface area (Å²) in [5.41, 5.74) is 17.6. The summed E-state index contributed by atoms with van der Waals surface area (Å²) in [6, 6.07) is 74.3. The summed E-state index contributed by atoms with van der Waals surface area (Å²) < 4.78 is 0. The van der Waals surface area contributed by atoms with Gasteiger partial charge in [-0.25, -0.2) is 9.97 Å². The number of nitrogens with zero attached hydrogens (tertiary/aromatic N) is 2. The second-order valence-corrected chi connectivity index (χ2v) is 16.1. The average Bonchev–Trinajstić information content (AvgIpc) is 3.54. The Morgan fingerprint density at radius 3 is 1.44 bits per heavy atom. The SMILES string of the molecule is CC1(C)c2ccccc2-c2c(-c3ccc(-c4ccc(-c5cc(-c6cccc(-c7ccccc7)c6)nc(-c6ccccc6)n5)c5ccccc45)c4ccccc34)cccc21. The molecule has 0 radical (unpaired) electrons. The smallest absolute Gasteiger partial charge is 0.160 e. The van der Waals surface area contributed by atoms with Gasteiger partial charge in [0.25, 0.3) is 0 Å². The van der Waals surface area contributed by atoms with Gasteiger partial charge in [0, 0.05) is 22.1 Å². The van der Waals surface area contributed by atoms with E-state index in [1.807, 2.05) is 18.2 Å². The molecule has 2 heteroatoms. The maximum atomic E-state index is 5.27. The van der Waals surface area contributed by atoms with Gasteiger partial charge in [0.15, 0.2) is 5.82 Å². The molecule has 59 heavy (non-hydrogen) atoms. The van der Waals surface area contributed by atoms with Crippen molar-refractivity contribution in [3.8, 4) is 78.4 Å². The third-order valence-corrected chi connectivity index (χ3v) is 12.3. The van der Waals surface area contributed by atoms with Crippen molar-refractivity contribution in [2.24, 2.45) is 0 Å². The fourth-order valence-electron chi connectivity index (χ4n) is 9.44. The van der Waals surface area contributed by atoms with E-state index >= 15 is 0 Å². The van der Waals surface area contributed by atoms with Crippen molar-refractivity contribution in [2.75, 3.05) is 0 Å². The number of hydrogen-bond donors (Lipinski definition) is 0. The summed E-state index contributed by atoms with van der Waals surface area (Å²) in [5.74, 6) is 0.705. The van der Waals surface area contributed by atoms with Crippen LogP contribution >= 0.6 is 0 Å². The van der Waals surface area contributed by atoms with E-state index < -0.39 is 0 Å². The topological polar surface area (TPSA) is 25.8 Å². The zero-order valence-electron chi connectivity index (χ0n) is 33.0. The van der Waals surface area contributed by atoms with Gasteiger partial charge in [-0.3, -0.25) is 0 Å². The van der Waals surface area contributed by atoms with Gasteiger partial charge in [0.05, 0.1) is 11.4 Å². The number of fused-ring (bicyclic) bond motifs is 5. The van der Waals surface area contributed by atoms with Gasteiger partial charge in [-0.2, -0.15) is 0 Å². The molecule has 0 spiro atoms. The lowest BCUT2D eigenvalue weighted by Crippen LogP contribution is -2.14. The monoisotopic (exact) mass is 752 g/mol. The van der Waals surface area contributed by atoms with E-state index in [1.54, 1.807) is 0 Å². The van der Waals surface area contributed by atoms with Gasteiger partial charge in [-0.15, -0.1) is 0 Å². The molecule has 0 saturated heterocycles. The predicted octanol–water partition coefficient (Wildman–Crippen LogP) is 15.1. The number of hydrogen-bond acceptors (Lipinski definition) is 2. The Hall–Kier alpha value is -7.42. The van der Waals surface area contributed by atoms with Crippen LogP contribution in [0.25, 0.3) is 100.0 Å². The third-order valence-electron chi connectivity index (χ3n) is 12.3. The van der Waals surface area contributed by atoms with E-state index in [0.29, 0.717) is 5.82 Å². The summed E-state index contributed by atoms with van der Waals surface area (Å²) in [6.07, 6.45) is 0. The predicted molar refractivity (Wildman–Crippen MR) is 247 cm³/mol. The molecule has 0 saturated carbocycles. The van der Waals surface area contributed by atoms with Crippen LogP contribution in [-0.4, -0.2) is 9.97 Å². The first-order chi connectivity index (χ1) is 29.0. The molecule has 1 heterocycles. The van der Waals surface area contributed by atoms with Crippen LogP contribution in [0.2, 0.25) is 0 Å². The van der Waals surface area contributed by atoms with Crippen molar-refractivity contribution < 1.29 is 0 Å². The first-order valence-electron chi connectivity index (χ1n) is 20.4. The fourth-order valence-corrected chi connectivity index (χ4v) is 9.44. The summed E-state index contributed by atoms with van der Waals surface area (Å²) in [4.78, 5) is 10.4. The maximum Gasteiger partial charge on any atom is 0.160 e. The molecular formula is C57H40N2. The van der Waals surface area contributed by atoms with Crippen LogP contribution in [0.4, 0.5) is 0 Å². The largest absolute Gasteiger partial charge is 0.228 e. The fraction of sp³-hybridized carbons (Fsp3) is 0.0526. The van der Waals surface area contributed by atoms with Gasteiger partial charge >= 0.3 is 0 Å². The molecule has 0 unspecified atom stereocenters. The Balaban J connectivity index is 1.07. The molecule has 1 aliphatic rings. The van der Waals surface area contributed by atoms with Crippen LogP contribution in [0.3, 0.4) is 0 Å². The van der Waals surface area contributed by atoms with Gasteiger partial charge in [-0.05, 0) is 89.3 Å². The lowest BCUT2D eigenvalue weighted by Gasteiger charge is -2.22. The van der Waals surface area contributed by atoms with Crippen molar-refractivity contribution in [1.82, 2.24) is 9.97 Å². The minimum atomic E-state index is -0.0587. The van der Waals surface area contributed by atoms with Crippen LogP contribution in [0.1, 0.15) is 25.0 Å². The van der Waals surface area contributed by atoms with E-state index in [-0.39, 0.29) is 5.41 Å². The third kappa shape index (κ3) is 5.79. The quantitative estimate of drug-likeness (QED) is 0.169. The van der Waals surface area contributed by atoms with Crippen molar-refractivity contribution in [3.63, 3.8) is 0 Å². The van der Waals surface area contributed by atoms with E-state index in [1.165, 1.54) is 66.2 Å². The molecule has 0 atom stereocenters. The van der Waals surface area contributed by atoms with Gasteiger partial charge in [0.1, 0.15) is 0 Å². The highest BCUT2D eigenvalue weighted by Crippen LogP contribution is 2.53. The molecular weight excluding hydrogens is 713 g/mol. The average molecular weight is 753 g/mol. The van der Waals surface area contributed by atoms with Crippen LogP contribution < -0.4 is 0 Å². The molecule has 0 bridgehead atoms. The molecule has 1 aliphatic carbocycles. The van der Waals surface area contributed by atoms with E-state index in [0.717, 1.165) is 39.0 Å². The Morgan fingerprint density at radius 1 is 0.305 bits per heavy atom. The van der Waals surface area contributed by atoms with E-state index in [9.17, 15) is 0 Å². The molecule has 0 aliphatic heterocycles. The second kappa shape index (κ2) is 13.9. The molecule has 0 N–H and O–H groups in total. The molecule has 2 nitrogen and oxygen atoms in total. The molecule has 11 rings (SSSR count). The number of aromatic nitrogens is 2. The Labute approximate surface area is 345 Å². The van der Waals surface area contributed by atoms with Crippen LogP contribution in [0.5, 0.6) is 0 Å². The molecule has 0 amide bonds. The minimum absolute atomic E-state index is 0.0587.